The van der Waals surface area contributed by atoms with E-state index in [1.54, 1.807) is 56.5 Å². The minimum atomic E-state index is -0.662. The fourth-order valence-electron chi connectivity index (χ4n) is 2.62. The maximum absolute atomic E-state index is 12.0. The number of nitrogens with one attached hydrogen (secondary N) is 1. The Labute approximate surface area is 182 Å². The number of hydrogen-bond donors (Lipinski definition) is 2. The molecule has 0 aliphatic heterocycles. The largest absolute Gasteiger partial charge is 0.495 e. The number of nitrogens with zero attached hydrogens (tertiary/aromatic N) is 1. The van der Waals surface area contributed by atoms with Crippen molar-refractivity contribution in [2.75, 3.05) is 26.1 Å². The molecule has 30 heavy (non-hydrogen) atoms. The van der Waals surface area contributed by atoms with E-state index in [0.717, 1.165) is 5.56 Å². The highest BCUT2D eigenvalue weighted by Crippen LogP contribution is 2.32. The zero-order chi connectivity index (χ0) is 21.4. The molecule has 0 bridgehead atoms. The third kappa shape index (κ3) is 6.14. The van der Waals surface area contributed by atoms with Gasteiger partial charge in [0.25, 0.3) is 0 Å². The van der Waals surface area contributed by atoms with Gasteiger partial charge in [-0.3, -0.25) is 4.79 Å². The minimum absolute atomic E-state index is 0. The van der Waals surface area contributed by atoms with Crippen LogP contribution in [0.4, 0.5) is 5.69 Å². The molecule has 8 heteroatoms. The molecule has 7 nitrogen and oxygen atoms in total. The van der Waals surface area contributed by atoms with Gasteiger partial charge in [-0.1, -0.05) is 6.07 Å². The smallest absolute Gasteiger partial charge is 0.241 e. The Balaban J connectivity index is 0.00000450. The van der Waals surface area contributed by atoms with Crippen LogP contribution in [0.5, 0.6) is 17.2 Å². The summed E-state index contributed by atoms with van der Waals surface area (Å²) in [5.74, 6) is 1.32. The summed E-state index contributed by atoms with van der Waals surface area (Å²) in [7, 11) is 3.08. The van der Waals surface area contributed by atoms with Crippen molar-refractivity contribution in [2.45, 2.75) is 19.9 Å². The summed E-state index contributed by atoms with van der Waals surface area (Å²) in [5.41, 5.74) is 7.94. The van der Waals surface area contributed by atoms with Gasteiger partial charge in [-0.15, -0.1) is 12.4 Å². The van der Waals surface area contributed by atoms with Crippen LogP contribution >= 0.6 is 12.4 Å². The number of carbonyl (C=O) groups excluding carboxylic acids is 1. The van der Waals surface area contributed by atoms with Crippen LogP contribution in [0.15, 0.2) is 36.4 Å². The van der Waals surface area contributed by atoms with Crippen LogP contribution in [0.25, 0.3) is 11.6 Å². The maximum atomic E-state index is 12.0. The average Bonchev–Trinajstić information content (AvgIpc) is 2.72. The number of halogens is 1. The molecule has 0 spiro atoms. The number of carbonyl (C=O) groups is 1. The molecule has 0 aliphatic carbocycles. The predicted octanol–water partition coefficient (Wildman–Crippen LogP) is 3.87. The van der Waals surface area contributed by atoms with Gasteiger partial charge in [-0.05, 0) is 61.4 Å². The summed E-state index contributed by atoms with van der Waals surface area (Å²) in [6, 6.07) is 12.1. The van der Waals surface area contributed by atoms with Gasteiger partial charge in [0.2, 0.25) is 5.91 Å². The summed E-state index contributed by atoms with van der Waals surface area (Å²) in [6.45, 7) is 3.95. The van der Waals surface area contributed by atoms with E-state index in [4.69, 9.17) is 19.9 Å². The van der Waals surface area contributed by atoms with Crippen LogP contribution in [0, 0.1) is 11.3 Å². The SMILES string of the molecule is CCOc1cc(C(C#N)=Cc2ccc(OC)c(NC(=O)C(C)N)c2)ccc1OC.Cl. The van der Waals surface area contributed by atoms with Crippen molar-refractivity contribution in [1.82, 2.24) is 0 Å². The van der Waals surface area contributed by atoms with Crippen LogP contribution in [0.3, 0.4) is 0 Å². The highest BCUT2D eigenvalue weighted by atomic mass is 35.5. The van der Waals surface area contributed by atoms with Crippen molar-refractivity contribution >= 4 is 35.7 Å². The molecule has 0 saturated carbocycles. The van der Waals surface area contributed by atoms with E-state index >= 15 is 0 Å². The van der Waals surface area contributed by atoms with Gasteiger partial charge in [0.1, 0.15) is 5.75 Å². The zero-order valence-corrected chi connectivity index (χ0v) is 18.2. The first-order valence-electron chi connectivity index (χ1n) is 9.11. The molecular weight excluding hydrogens is 406 g/mol. The Kier molecular flexibility index (Phi) is 9.69. The standard InChI is InChI=1S/C22H25N3O4.ClH/c1-5-29-21-12-16(7-9-20(21)28-4)17(13-23)10-15-6-8-19(27-3)18(11-15)25-22(26)14(2)24;/h6-12,14H,5,24H2,1-4H3,(H,25,26);1H. The lowest BCUT2D eigenvalue weighted by Gasteiger charge is -2.13. The number of nitriles is 1. The number of rotatable bonds is 8. The Morgan fingerprint density at radius 2 is 1.83 bits per heavy atom. The fraction of sp³-hybridized carbons (Fsp3) is 0.273. The van der Waals surface area contributed by atoms with Gasteiger partial charge in [0, 0.05) is 0 Å². The molecule has 1 unspecified atom stereocenters. The van der Waals surface area contributed by atoms with Crippen LogP contribution in [0.2, 0.25) is 0 Å². The molecule has 3 N–H and O–H groups in total. The summed E-state index contributed by atoms with van der Waals surface area (Å²) < 4.78 is 16.2. The molecule has 1 amide bonds. The summed E-state index contributed by atoms with van der Waals surface area (Å²) in [6.07, 6.45) is 1.72. The lowest BCUT2D eigenvalue weighted by molar-refractivity contribution is -0.117. The van der Waals surface area contributed by atoms with Gasteiger partial charge < -0.3 is 25.3 Å². The zero-order valence-electron chi connectivity index (χ0n) is 17.4. The van der Waals surface area contributed by atoms with E-state index in [0.29, 0.717) is 40.7 Å². The van der Waals surface area contributed by atoms with Gasteiger partial charge >= 0.3 is 0 Å². The van der Waals surface area contributed by atoms with E-state index in [9.17, 15) is 10.1 Å². The Morgan fingerprint density at radius 1 is 1.17 bits per heavy atom. The van der Waals surface area contributed by atoms with E-state index in [1.807, 2.05) is 6.92 Å². The second kappa shape index (κ2) is 11.7. The Bertz CT molecular complexity index is 952. The molecule has 0 saturated heterocycles. The van der Waals surface area contributed by atoms with E-state index in [-0.39, 0.29) is 18.3 Å². The number of anilines is 1. The molecular formula is C22H26ClN3O4. The number of nitrogens with two attached hydrogens (primary N) is 1. The molecule has 2 rings (SSSR count). The van der Waals surface area contributed by atoms with Crippen molar-refractivity contribution in [3.63, 3.8) is 0 Å². The lowest BCUT2D eigenvalue weighted by Crippen LogP contribution is -2.32. The molecule has 0 aromatic heterocycles. The highest BCUT2D eigenvalue weighted by molar-refractivity contribution is 5.97. The molecule has 0 radical (unpaired) electrons. The first-order chi connectivity index (χ1) is 13.9. The van der Waals surface area contributed by atoms with Crippen molar-refractivity contribution in [3.05, 3.63) is 47.5 Å². The van der Waals surface area contributed by atoms with Gasteiger partial charge in [0.05, 0.1) is 44.2 Å². The van der Waals surface area contributed by atoms with E-state index < -0.39 is 6.04 Å². The quantitative estimate of drug-likeness (QED) is 0.485. The van der Waals surface area contributed by atoms with Crippen LogP contribution in [-0.2, 0) is 4.79 Å². The first kappa shape index (κ1) is 24.8. The molecule has 0 heterocycles. The minimum Gasteiger partial charge on any atom is -0.495 e. The van der Waals surface area contributed by atoms with Crippen molar-refractivity contribution in [2.24, 2.45) is 5.73 Å². The number of allylic oxidation sites excluding steroid dienone is 1. The molecule has 0 fully saturated rings. The fourth-order valence-corrected chi connectivity index (χ4v) is 2.62. The molecule has 160 valence electrons. The van der Waals surface area contributed by atoms with Crippen LogP contribution in [-0.4, -0.2) is 32.8 Å². The van der Waals surface area contributed by atoms with Crippen molar-refractivity contribution < 1.29 is 19.0 Å². The van der Waals surface area contributed by atoms with Crippen LogP contribution < -0.4 is 25.3 Å². The van der Waals surface area contributed by atoms with Crippen molar-refractivity contribution in [3.8, 4) is 23.3 Å². The second-order valence-electron chi connectivity index (χ2n) is 6.21. The summed E-state index contributed by atoms with van der Waals surface area (Å²) in [5, 5.41) is 12.4. The molecule has 2 aromatic carbocycles. The molecule has 1 atom stereocenters. The number of methoxy groups -OCH3 is 2. The summed E-state index contributed by atoms with van der Waals surface area (Å²) >= 11 is 0. The topological polar surface area (TPSA) is 107 Å². The Morgan fingerprint density at radius 3 is 2.40 bits per heavy atom. The highest BCUT2D eigenvalue weighted by Gasteiger charge is 2.13. The monoisotopic (exact) mass is 431 g/mol. The van der Waals surface area contributed by atoms with E-state index in [2.05, 4.69) is 11.4 Å². The molecule has 0 aliphatic rings. The average molecular weight is 432 g/mol. The van der Waals surface area contributed by atoms with Crippen molar-refractivity contribution in [1.29, 1.82) is 5.26 Å². The van der Waals surface area contributed by atoms with Crippen LogP contribution in [0.1, 0.15) is 25.0 Å². The number of hydrogen-bond acceptors (Lipinski definition) is 6. The molecule has 2 aromatic rings. The number of ether oxygens (including phenoxy) is 3. The predicted molar refractivity (Wildman–Crippen MR) is 120 cm³/mol. The third-order valence-electron chi connectivity index (χ3n) is 4.10. The summed E-state index contributed by atoms with van der Waals surface area (Å²) in [4.78, 5) is 12.0. The first-order valence-corrected chi connectivity index (χ1v) is 9.11. The Hall–Kier alpha value is -3.21. The van der Waals surface area contributed by atoms with Gasteiger partial charge in [-0.2, -0.15) is 5.26 Å². The van der Waals surface area contributed by atoms with Gasteiger partial charge in [-0.25, -0.2) is 0 Å². The normalized spacial score (nSPS) is 11.5. The second-order valence-corrected chi connectivity index (χ2v) is 6.21. The number of benzene rings is 2. The maximum Gasteiger partial charge on any atom is 0.241 e. The van der Waals surface area contributed by atoms with E-state index in [1.165, 1.54) is 7.11 Å². The number of amides is 1. The lowest BCUT2D eigenvalue weighted by atomic mass is 10.0. The van der Waals surface area contributed by atoms with Gasteiger partial charge in [0.15, 0.2) is 11.5 Å². The third-order valence-corrected chi connectivity index (χ3v) is 4.10.